The molecule has 1 N–H and O–H groups in total. The molecule has 1 heterocycles. The van der Waals surface area contributed by atoms with Crippen LogP contribution >= 0.6 is 0 Å². The Morgan fingerprint density at radius 2 is 2.23 bits per heavy atom. The van der Waals surface area contributed by atoms with E-state index in [9.17, 15) is 4.79 Å². The lowest BCUT2D eigenvalue weighted by molar-refractivity contribution is -0.135. The number of carboxylic acids is 1. The summed E-state index contributed by atoms with van der Waals surface area (Å²) in [5.41, 5.74) is 0.284. The summed E-state index contributed by atoms with van der Waals surface area (Å²) in [5.74, 6) is -1.52. The van der Waals surface area contributed by atoms with Crippen molar-refractivity contribution in [2.45, 2.75) is 32.7 Å². The molecule has 1 atom stereocenters. The van der Waals surface area contributed by atoms with Crippen molar-refractivity contribution in [3.05, 3.63) is 11.6 Å². The monoisotopic (exact) mass is 186 g/mol. The van der Waals surface area contributed by atoms with Crippen molar-refractivity contribution in [3.63, 3.8) is 0 Å². The van der Waals surface area contributed by atoms with Crippen molar-refractivity contribution in [2.75, 3.05) is 6.61 Å². The van der Waals surface area contributed by atoms with Gasteiger partial charge in [-0.2, -0.15) is 0 Å². The van der Waals surface area contributed by atoms with Crippen LogP contribution in [0.3, 0.4) is 0 Å². The van der Waals surface area contributed by atoms with Crippen LogP contribution in [0.25, 0.3) is 0 Å². The molecule has 0 aromatic carbocycles. The number of ether oxygens (including phenoxy) is 2. The van der Waals surface area contributed by atoms with E-state index in [0.29, 0.717) is 6.61 Å². The Bertz CT molecular complexity index is 242. The maximum atomic E-state index is 10.5. The van der Waals surface area contributed by atoms with Gasteiger partial charge in [0.1, 0.15) is 6.10 Å². The molecule has 4 nitrogen and oxygen atoms in total. The fourth-order valence-electron chi connectivity index (χ4n) is 1.15. The lowest BCUT2D eigenvalue weighted by Gasteiger charge is -2.15. The van der Waals surface area contributed by atoms with Gasteiger partial charge in [0.05, 0.1) is 6.61 Å². The van der Waals surface area contributed by atoms with Crippen LogP contribution in [0.5, 0.6) is 0 Å². The summed E-state index contributed by atoms with van der Waals surface area (Å²) in [5, 5.41) is 8.61. The van der Waals surface area contributed by atoms with E-state index in [2.05, 4.69) is 0 Å². The van der Waals surface area contributed by atoms with E-state index in [1.165, 1.54) is 6.92 Å². The molecule has 1 rings (SSSR count). The van der Waals surface area contributed by atoms with E-state index in [1.54, 1.807) is 19.9 Å². The minimum atomic E-state index is -0.923. The van der Waals surface area contributed by atoms with E-state index >= 15 is 0 Å². The van der Waals surface area contributed by atoms with Crippen LogP contribution in [-0.4, -0.2) is 29.6 Å². The highest BCUT2D eigenvalue weighted by Crippen LogP contribution is 2.23. The first-order valence-electron chi connectivity index (χ1n) is 4.14. The molecule has 74 valence electrons. The molecule has 1 saturated heterocycles. The van der Waals surface area contributed by atoms with Crippen molar-refractivity contribution >= 4 is 5.97 Å². The van der Waals surface area contributed by atoms with E-state index in [0.717, 1.165) is 0 Å². The fraction of sp³-hybridized carbons (Fsp3) is 0.667. The zero-order chi connectivity index (χ0) is 10.1. The van der Waals surface area contributed by atoms with Gasteiger partial charge in [-0.15, -0.1) is 0 Å². The summed E-state index contributed by atoms with van der Waals surface area (Å²) >= 11 is 0. The lowest BCUT2D eigenvalue weighted by atomic mass is 10.2. The average molecular weight is 186 g/mol. The molecule has 0 aromatic heterocycles. The third-order valence-electron chi connectivity index (χ3n) is 1.80. The number of hydrogen-bond acceptors (Lipinski definition) is 3. The lowest BCUT2D eigenvalue weighted by Crippen LogP contribution is -2.21. The van der Waals surface area contributed by atoms with Crippen molar-refractivity contribution in [1.82, 2.24) is 0 Å². The van der Waals surface area contributed by atoms with Gasteiger partial charge in [-0.05, 0) is 26.8 Å². The molecule has 0 amide bonds. The predicted octanol–water partition coefficient (Wildman–Crippen LogP) is 1.17. The van der Waals surface area contributed by atoms with Gasteiger partial charge in [0, 0.05) is 5.57 Å². The average Bonchev–Trinajstić information content (AvgIpc) is 2.30. The SMILES string of the molecule is C/C(=C\C1COC(C)(C)O1)C(=O)O. The Kier molecular flexibility index (Phi) is 2.73. The van der Waals surface area contributed by atoms with E-state index in [1.807, 2.05) is 0 Å². The highest BCUT2D eigenvalue weighted by molar-refractivity contribution is 5.85. The summed E-state index contributed by atoms with van der Waals surface area (Å²) in [6, 6.07) is 0. The molecule has 1 fully saturated rings. The Morgan fingerprint density at radius 1 is 1.62 bits per heavy atom. The third kappa shape index (κ3) is 2.82. The van der Waals surface area contributed by atoms with Gasteiger partial charge in [-0.25, -0.2) is 4.79 Å². The minimum Gasteiger partial charge on any atom is -0.478 e. The molecule has 13 heavy (non-hydrogen) atoms. The van der Waals surface area contributed by atoms with Crippen LogP contribution in [0.15, 0.2) is 11.6 Å². The van der Waals surface area contributed by atoms with Gasteiger partial charge in [-0.3, -0.25) is 0 Å². The Hall–Kier alpha value is -0.870. The van der Waals surface area contributed by atoms with Crippen LogP contribution in [0, 0.1) is 0 Å². The third-order valence-corrected chi connectivity index (χ3v) is 1.80. The zero-order valence-electron chi connectivity index (χ0n) is 8.03. The quantitative estimate of drug-likeness (QED) is 0.658. The normalized spacial score (nSPS) is 27.6. The maximum absolute atomic E-state index is 10.5. The maximum Gasteiger partial charge on any atom is 0.331 e. The smallest absolute Gasteiger partial charge is 0.331 e. The molecule has 0 aliphatic carbocycles. The van der Waals surface area contributed by atoms with Gasteiger partial charge in [0.2, 0.25) is 0 Å². The standard InChI is InChI=1S/C9H14O4/c1-6(8(10)11)4-7-5-12-9(2,3)13-7/h4,7H,5H2,1-3H3,(H,10,11)/b6-4+. The second-order valence-corrected chi connectivity index (χ2v) is 3.52. The second-order valence-electron chi connectivity index (χ2n) is 3.52. The fourth-order valence-corrected chi connectivity index (χ4v) is 1.15. The summed E-state index contributed by atoms with van der Waals surface area (Å²) in [6.45, 7) is 5.56. The van der Waals surface area contributed by atoms with Crippen LogP contribution in [0.2, 0.25) is 0 Å². The molecule has 1 aliphatic rings. The summed E-state index contributed by atoms with van der Waals surface area (Å²) < 4.78 is 10.7. The van der Waals surface area contributed by atoms with E-state index in [4.69, 9.17) is 14.6 Å². The molecule has 1 aliphatic heterocycles. The van der Waals surface area contributed by atoms with Gasteiger partial charge >= 0.3 is 5.97 Å². The molecule has 1 unspecified atom stereocenters. The molecular formula is C9H14O4. The Morgan fingerprint density at radius 3 is 2.62 bits per heavy atom. The van der Waals surface area contributed by atoms with E-state index in [-0.39, 0.29) is 11.7 Å². The zero-order valence-corrected chi connectivity index (χ0v) is 8.03. The largest absolute Gasteiger partial charge is 0.478 e. The number of aliphatic carboxylic acids is 1. The highest BCUT2D eigenvalue weighted by atomic mass is 16.7. The first kappa shape index (κ1) is 10.2. The van der Waals surface area contributed by atoms with Crippen LogP contribution in [0.4, 0.5) is 0 Å². The molecule has 0 radical (unpaired) electrons. The van der Waals surface area contributed by atoms with Gasteiger partial charge < -0.3 is 14.6 Å². The topological polar surface area (TPSA) is 55.8 Å². The first-order chi connectivity index (χ1) is 5.91. The molecule has 0 spiro atoms. The summed E-state index contributed by atoms with van der Waals surface area (Å²) in [4.78, 5) is 10.5. The van der Waals surface area contributed by atoms with Gasteiger partial charge in [0.15, 0.2) is 5.79 Å². The van der Waals surface area contributed by atoms with E-state index < -0.39 is 11.8 Å². The summed E-state index contributed by atoms with van der Waals surface area (Å²) in [6.07, 6.45) is 1.32. The number of carboxylic acid groups (broad SMARTS) is 1. The van der Waals surface area contributed by atoms with Crippen LogP contribution in [-0.2, 0) is 14.3 Å². The van der Waals surface area contributed by atoms with Crippen LogP contribution in [0.1, 0.15) is 20.8 Å². The van der Waals surface area contributed by atoms with Gasteiger partial charge in [0.25, 0.3) is 0 Å². The predicted molar refractivity (Wildman–Crippen MR) is 46.3 cm³/mol. The number of rotatable bonds is 2. The highest BCUT2D eigenvalue weighted by Gasteiger charge is 2.31. The Balaban J connectivity index is 2.58. The summed E-state index contributed by atoms with van der Waals surface area (Å²) in [7, 11) is 0. The van der Waals surface area contributed by atoms with Crippen molar-refractivity contribution in [1.29, 1.82) is 0 Å². The molecular weight excluding hydrogens is 172 g/mol. The van der Waals surface area contributed by atoms with Crippen LogP contribution < -0.4 is 0 Å². The number of carbonyl (C=O) groups is 1. The minimum absolute atomic E-state index is 0.244. The molecule has 0 aromatic rings. The molecule has 0 bridgehead atoms. The van der Waals surface area contributed by atoms with Crippen molar-refractivity contribution in [2.24, 2.45) is 0 Å². The van der Waals surface area contributed by atoms with Gasteiger partial charge in [-0.1, -0.05) is 0 Å². The van der Waals surface area contributed by atoms with Crippen molar-refractivity contribution < 1.29 is 19.4 Å². The number of hydrogen-bond donors (Lipinski definition) is 1. The second kappa shape index (κ2) is 3.47. The molecule has 0 saturated carbocycles. The Labute approximate surface area is 77.1 Å². The molecule has 4 heteroatoms. The van der Waals surface area contributed by atoms with Crippen molar-refractivity contribution in [3.8, 4) is 0 Å². The first-order valence-corrected chi connectivity index (χ1v) is 4.14.